The number of pyridine rings is 1. The van der Waals surface area contributed by atoms with Crippen molar-refractivity contribution in [1.82, 2.24) is 4.57 Å². The van der Waals surface area contributed by atoms with Gasteiger partial charge in [-0.3, -0.25) is 9.59 Å². The minimum absolute atomic E-state index is 0.185. The number of hydrogen-bond acceptors (Lipinski definition) is 2. The first-order valence-corrected chi connectivity index (χ1v) is 3.77. The van der Waals surface area contributed by atoms with Crippen molar-refractivity contribution in [3.05, 3.63) is 32.7 Å². The van der Waals surface area contributed by atoms with Crippen LogP contribution in [-0.4, -0.2) is 10.9 Å². The van der Waals surface area contributed by atoms with Crippen LogP contribution >= 0.6 is 15.9 Å². The van der Waals surface area contributed by atoms with Gasteiger partial charge in [0.25, 0.3) is 5.56 Å². The van der Waals surface area contributed by atoms with Crippen LogP contribution in [0.25, 0.3) is 0 Å². The summed E-state index contributed by atoms with van der Waals surface area (Å²) in [6.07, 6.45) is 0.644. The molecule has 0 fully saturated rings. The molecule has 11 heavy (non-hydrogen) atoms. The quantitative estimate of drug-likeness (QED) is 0.656. The lowest BCUT2D eigenvalue weighted by Crippen LogP contribution is -2.18. The standard InChI is InChI=1S/C7H6BrNO2/c1-9-6(4-10)5(8)2-3-7(9)11/h2-4H,1H3. The van der Waals surface area contributed by atoms with Gasteiger partial charge in [-0.25, -0.2) is 0 Å². The van der Waals surface area contributed by atoms with E-state index in [0.29, 0.717) is 16.5 Å². The predicted octanol–water partition coefficient (Wildman–Crippen LogP) is 0.960. The smallest absolute Gasteiger partial charge is 0.250 e. The van der Waals surface area contributed by atoms with Crippen molar-refractivity contribution in [3.63, 3.8) is 0 Å². The van der Waals surface area contributed by atoms with Crippen LogP contribution in [0.5, 0.6) is 0 Å². The van der Waals surface area contributed by atoms with Crippen LogP contribution in [0.15, 0.2) is 21.4 Å². The van der Waals surface area contributed by atoms with Crippen LogP contribution in [0.3, 0.4) is 0 Å². The second-order valence-electron chi connectivity index (χ2n) is 2.08. The topological polar surface area (TPSA) is 39.1 Å². The van der Waals surface area contributed by atoms with Gasteiger partial charge in [-0.2, -0.15) is 0 Å². The molecule has 0 aromatic carbocycles. The van der Waals surface area contributed by atoms with Gasteiger partial charge in [-0.1, -0.05) is 0 Å². The molecule has 0 atom stereocenters. The van der Waals surface area contributed by atoms with E-state index in [2.05, 4.69) is 15.9 Å². The van der Waals surface area contributed by atoms with Crippen molar-refractivity contribution in [2.45, 2.75) is 0 Å². The minimum atomic E-state index is -0.185. The SMILES string of the molecule is Cn1c(C=O)c(Br)ccc1=O. The van der Waals surface area contributed by atoms with Crippen molar-refractivity contribution in [3.8, 4) is 0 Å². The molecule has 1 rings (SSSR count). The molecule has 0 unspecified atom stereocenters. The Labute approximate surface area is 71.8 Å². The summed E-state index contributed by atoms with van der Waals surface area (Å²) >= 11 is 3.15. The maximum atomic E-state index is 10.9. The minimum Gasteiger partial charge on any atom is -0.308 e. The van der Waals surface area contributed by atoms with E-state index in [1.54, 1.807) is 13.1 Å². The first-order valence-electron chi connectivity index (χ1n) is 2.97. The molecule has 0 radical (unpaired) electrons. The van der Waals surface area contributed by atoms with Crippen molar-refractivity contribution in [2.75, 3.05) is 0 Å². The van der Waals surface area contributed by atoms with Crippen LogP contribution < -0.4 is 5.56 Å². The lowest BCUT2D eigenvalue weighted by atomic mass is 10.3. The van der Waals surface area contributed by atoms with Crippen molar-refractivity contribution >= 4 is 22.2 Å². The molecule has 3 nitrogen and oxygen atoms in total. The zero-order valence-corrected chi connectivity index (χ0v) is 7.46. The molecule has 0 saturated carbocycles. The second-order valence-corrected chi connectivity index (χ2v) is 2.94. The molecule has 0 amide bonds. The molecule has 0 saturated heterocycles. The first-order chi connectivity index (χ1) is 5.16. The van der Waals surface area contributed by atoms with Crippen LogP contribution in [-0.2, 0) is 7.05 Å². The third kappa shape index (κ3) is 1.40. The molecule has 0 aliphatic rings. The van der Waals surface area contributed by atoms with E-state index in [4.69, 9.17) is 0 Å². The Morgan fingerprint density at radius 1 is 1.55 bits per heavy atom. The molecule has 1 heterocycles. The number of aromatic nitrogens is 1. The van der Waals surface area contributed by atoms with Gasteiger partial charge in [0.1, 0.15) is 0 Å². The Kier molecular flexibility index (Phi) is 2.24. The fourth-order valence-corrected chi connectivity index (χ4v) is 1.25. The van der Waals surface area contributed by atoms with Gasteiger partial charge in [-0.05, 0) is 22.0 Å². The number of halogens is 1. The number of carbonyl (C=O) groups excluding carboxylic acids is 1. The van der Waals surface area contributed by atoms with Gasteiger partial charge in [0.2, 0.25) is 0 Å². The van der Waals surface area contributed by atoms with E-state index < -0.39 is 0 Å². The van der Waals surface area contributed by atoms with Crippen LogP contribution in [0.2, 0.25) is 0 Å². The zero-order valence-electron chi connectivity index (χ0n) is 5.87. The van der Waals surface area contributed by atoms with Crippen molar-refractivity contribution in [1.29, 1.82) is 0 Å². The molecule has 0 aliphatic carbocycles. The van der Waals surface area contributed by atoms with E-state index in [1.807, 2.05) is 0 Å². The molecule has 0 aliphatic heterocycles. The highest BCUT2D eigenvalue weighted by atomic mass is 79.9. The Hall–Kier alpha value is -0.900. The van der Waals surface area contributed by atoms with E-state index in [-0.39, 0.29) is 5.56 Å². The summed E-state index contributed by atoms with van der Waals surface area (Å²) in [5.41, 5.74) is 0.174. The Morgan fingerprint density at radius 3 is 2.64 bits per heavy atom. The second kappa shape index (κ2) is 3.00. The maximum Gasteiger partial charge on any atom is 0.250 e. The van der Waals surface area contributed by atoms with Gasteiger partial charge in [-0.15, -0.1) is 0 Å². The fourth-order valence-electron chi connectivity index (χ4n) is 0.756. The molecule has 0 bridgehead atoms. The average molecular weight is 216 g/mol. The lowest BCUT2D eigenvalue weighted by molar-refractivity contribution is 0.111. The Bertz CT molecular complexity index is 343. The highest BCUT2D eigenvalue weighted by molar-refractivity contribution is 9.10. The summed E-state index contributed by atoms with van der Waals surface area (Å²) in [6, 6.07) is 2.96. The third-order valence-corrected chi connectivity index (χ3v) is 2.09. The summed E-state index contributed by atoms with van der Waals surface area (Å²) in [5.74, 6) is 0. The van der Waals surface area contributed by atoms with Gasteiger partial charge >= 0.3 is 0 Å². The normalized spacial score (nSPS) is 9.64. The van der Waals surface area contributed by atoms with Crippen molar-refractivity contribution in [2.24, 2.45) is 7.05 Å². The Morgan fingerprint density at radius 2 is 2.18 bits per heavy atom. The molecule has 4 heteroatoms. The number of nitrogens with zero attached hydrogens (tertiary/aromatic N) is 1. The van der Waals surface area contributed by atoms with Gasteiger partial charge in [0.05, 0.1) is 5.69 Å². The molecule has 0 N–H and O–H groups in total. The Balaban J connectivity index is 3.53. The van der Waals surface area contributed by atoms with E-state index in [0.717, 1.165) is 0 Å². The van der Waals surface area contributed by atoms with E-state index >= 15 is 0 Å². The maximum absolute atomic E-state index is 10.9. The predicted molar refractivity (Wildman–Crippen MR) is 44.8 cm³/mol. The van der Waals surface area contributed by atoms with E-state index in [9.17, 15) is 9.59 Å². The van der Waals surface area contributed by atoms with Crippen molar-refractivity contribution < 1.29 is 4.79 Å². The highest BCUT2D eigenvalue weighted by Gasteiger charge is 2.01. The van der Waals surface area contributed by atoms with Crippen LogP contribution in [0, 0.1) is 0 Å². The summed E-state index contributed by atoms with van der Waals surface area (Å²) < 4.78 is 1.92. The number of aldehydes is 1. The molecular formula is C7H6BrNO2. The fraction of sp³-hybridized carbons (Fsp3) is 0.143. The monoisotopic (exact) mass is 215 g/mol. The third-order valence-electron chi connectivity index (χ3n) is 1.42. The lowest BCUT2D eigenvalue weighted by Gasteiger charge is -2.01. The molecule has 58 valence electrons. The summed E-state index contributed by atoms with van der Waals surface area (Å²) in [6.45, 7) is 0. The summed E-state index contributed by atoms with van der Waals surface area (Å²) in [4.78, 5) is 21.3. The van der Waals surface area contributed by atoms with Gasteiger partial charge < -0.3 is 4.57 Å². The van der Waals surface area contributed by atoms with E-state index in [1.165, 1.54) is 10.6 Å². The largest absolute Gasteiger partial charge is 0.308 e. The highest BCUT2D eigenvalue weighted by Crippen LogP contribution is 2.10. The molecular weight excluding hydrogens is 210 g/mol. The number of hydrogen-bond donors (Lipinski definition) is 0. The number of carbonyl (C=O) groups is 1. The summed E-state index contributed by atoms with van der Waals surface area (Å²) in [7, 11) is 1.55. The zero-order chi connectivity index (χ0) is 8.43. The average Bonchev–Trinajstić information content (AvgIpc) is 1.99. The van der Waals surface area contributed by atoms with Gasteiger partial charge in [0.15, 0.2) is 6.29 Å². The first kappa shape index (κ1) is 8.20. The molecule has 1 aromatic rings. The van der Waals surface area contributed by atoms with Crippen LogP contribution in [0.4, 0.5) is 0 Å². The number of rotatable bonds is 1. The molecule has 1 aromatic heterocycles. The summed E-state index contributed by atoms with van der Waals surface area (Å²) in [5, 5.41) is 0. The van der Waals surface area contributed by atoms with Gasteiger partial charge in [0, 0.05) is 17.6 Å². The van der Waals surface area contributed by atoms with Crippen LogP contribution in [0.1, 0.15) is 10.5 Å². The molecule has 0 spiro atoms.